The number of halogens is 2. The van der Waals surface area contributed by atoms with Gasteiger partial charge in [0, 0.05) is 29.3 Å². The van der Waals surface area contributed by atoms with Gasteiger partial charge in [0.05, 0.1) is 17.6 Å². The Morgan fingerprint density at radius 2 is 2.06 bits per heavy atom. The van der Waals surface area contributed by atoms with E-state index in [1.807, 2.05) is 6.92 Å². The zero-order chi connectivity index (χ0) is 24.5. The third kappa shape index (κ3) is 6.70. The van der Waals surface area contributed by atoms with Crippen LogP contribution in [0.1, 0.15) is 21.6 Å². The molecule has 0 aliphatic heterocycles. The maximum atomic E-state index is 12.6. The predicted octanol–water partition coefficient (Wildman–Crippen LogP) is 4.90. The molecule has 4 N–H and O–H groups in total. The molecule has 2 aromatic carbocycles. The van der Waals surface area contributed by atoms with Crippen molar-refractivity contribution in [2.45, 2.75) is 13.5 Å². The zero-order valence-corrected chi connectivity index (χ0v) is 18.2. The van der Waals surface area contributed by atoms with Crippen LogP contribution in [0.3, 0.4) is 0 Å². The fourth-order valence-corrected chi connectivity index (χ4v) is 2.80. The molecule has 0 saturated carbocycles. The Bertz CT molecular complexity index is 1240. The summed E-state index contributed by atoms with van der Waals surface area (Å²) in [6.07, 6.45) is 6.03. The van der Waals surface area contributed by atoms with E-state index in [-0.39, 0.29) is 11.3 Å². The summed E-state index contributed by atoms with van der Waals surface area (Å²) in [6.45, 7) is 2.44. The summed E-state index contributed by atoms with van der Waals surface area (Å²) in [5, 5.41) is 5.84. The monoisotopic (exact) mass is 464 g/mol. The van der Waals surface area contributed by atoms with E-state index < -0.39 is 12.5 Å². The van der Waals surface area contributed by atoms with Crippen molar-refractivity contribution in [3.05, 3.63) is 90.4 Å². The summed E-state index contributed by atoms with van der Waals surface area (Å²) in [6, 6.07) is 12.4. The van der Waals surface area contributed by atoms with Crippen LogP contribution in [-0.2, 0) is 0 Å². The number of benzene rings is 2. The van der Waals surface area contributed by atoms with Crippen LogP contribution in [0.4, 0.5) is 26.1 Å². The average Bonchev–Trinajstić information content (AvgIpc) is 2.81. The Morgan fingerprint density at radius 3 is 2.82 bits per heavy atom. The Labute approximate surface area is 194 Å². The molecule has 0 atom stereocenters. The molecule has 174 valence electrons. The Kier molecular flexibility index (Phi) is 8.01. The molecule has 0 spiro atoms. The van der Waals surface area contributed by atoms with Gasteiger partial charge in [-0.3, -0.25) is 9.79 Å². The van der Waals surface area contributed by atoms with Gasteiger partial charge >= 0.3 is 6.61 Å². The fraction of sp³-hybridized carbons (Fsp3) is 0.0833. The van der Waals surface area contributed by atoms with Gasteiger partial charge in [-0.25, -0.2) is 9.97 Å². The molecule has 8 nitrogen and oxygen atoms in total. The molecule has 0 saturated heterocycles. The summed E-state index contributed by atoms with van der Waals surface area (Å²) >= 11 is 0. The molecule has 1 amide bonds. The number of nitrogens with one attached hydrogen (secondary N) is 2. The van der Waals surface area contributed by atoms with E-state index in [2.05, 4.69) is 36.9 Å². The third-order valence-corrected chi connectivity index (χ3v) is 4.42. The van der Waals surface area contributed by atoms with Crippen molar-refractivity contribution >= 4 is 35.1 Å². The number of anilines is 3. The molecular weight excluding hydrogens is 442 g/mol. The van der Waals surface area contributed by atoms with E-state index in [0.29, 0.717) is 28.7 Å². The van der Waals surface area contributed by atoms with E-state index in [0.717, 1.165) is 5.56 Å². The molecule has 0 bridgehead atoms. The minimum absolute atomic E-state index is 0.102. The second-order valence-electron chi connectivity index (χ2n) is 6.90. The Hall–Kier alpha value is -4.60. The molecule has 1 heterocycles. The van der Waals surface area contributed by atoms with Crippen LogP contribution in [0.25, 0.3) is 5.70 Å². The summed E-state index contributed by atoms with van der Waals surface area (Å²) in [5.41, 5.74) is 9.00. The normalized spacial score (nSPS) is 11.5. The highest BCUT2D eigenvalue weighted by Gasteiger charge is 2.11. The van der Waals surface area contributed by atoms with Crippen LogP contribution in [0.15, 0.2) is 78.6 Å². The number of nitrogens with zero attached hydrogens (tertiary/aromatic N) is 3. The van der Waals surface area contributed by atoms with E-state index in [4.69, 9.17) is 5.73 Å². The standard InChI is InChI=1S/C24H22F2N6O2/c1-3-10-28-14-19(27)20-9-11-29-24(31-20)32-21-13-17(8-7-15(21)2)30-22(33)16-5-4-6-18(12-16)34-23(25)26/h3-14,23H,1,27H2,2H3,(H,30,33)(H,29,31,32)/b19-14-,28-10?. The number of carbonyl (C=O) groups excluding carboxylic acids is 1. The molecule has 0 radical (unpaired) electrons. The van der Waals surface area contributed by atoms with E-state index in [1.165, 1.54) is 42.8 Å². The van der Waals surface area contributed by atoms with Crippen molar-refractivity contribution in [1.29, 1.82) is 0 Å². The fourth-order valence-electron chi connectivity index (χ4n) is 2.80. The highest BCUT2D eigenvalue weighted by Crippen LogP contribution is 2.24. The molecule has 0 aliphatic carbocycles. The number of aromatic nitrogens is 2. The van der Waals surface area contributed by atoms with Gasteiger partial charge in [0.25, 0.3) is 5.91 Å². The molecule has 0 fully saturated rings. The number of nitrogens with two attached hydrogens (primary N) is 1. The quantitative estimate of drug-likeness (QED) is 0.388. The van der Waals surface area contributed by atoms with E-state index in [9.17, 15) is 13.6 Å². The number of ether oxygens (including phenoxy) is 1. The lowest BCUT2D eigenvalue weighted by Gasteiger charge is -2.12. The highest BCUT2D eigenvalue weighted by molar-refractivity contribution is 6.04. The van der Waals surface area contributed by atoms with Crippen LogP contribution in [0.5, 0.6) is 5.75 Å². The van der Waals surface area contributed by atoms with Gasteiger partial charge < -0.3 is 21.1 Å². The number of carbonyl (C=O) groups is 1. The first-order valence-electron chi connectivity index (χ1n) is 10.0. The smallest absolute Gasteiger partial charge is 0.387 e. The van der Waals surface area contributed by atoms with E-state index in [1.54, 1.807) is 30.5 Å². The van der Waals surface area contributed by atoms with Crippen molar-refractivity contribution in [3.8, 4) is 5.75 Å². The van der Waals surface area contributed by atoms with Crippen LogP contribution >= 0.6 is 0 Å². The number of hydrogen-bond donors (Lipinski definition) is 3. The van der Waals surface area contributed by atoms with Crippen molar-refractivity contribution < 1.29 is 18.3 Å². The summed E-state index contributed by atoms with van der Waals surface area (Å²) in [7, 11) is 0. The molecule has 3 rings (SSSR count). The first-order chi connectivity index (χ1) is 16.4. The highest BCUT2D eigenvalue weighted by atomic mass is 19.3. The van der Waals surface area contributed by atoms with Crippen LogP contribution in [-0.4, -0.2) is 28.7 Å². The Balaban J connectivity index is 1.76. The second-order valence-corrected chi connectivity index (χ2v) is 6.90. The number of amides is 1. The Morgan fingerprint density at radius 1 is 1.24 bits per heavy atom. The first-order valence-corrected chi connectivity index (χ1v) is 10.0. The third-order valence-electron chi connectivity index (χ3n) is 4.42. The zero-order valence-electron chi connectivity index (χ0n) is 18.2. The topological polar surface area (TPSA) is 115 Å². The average molecular weight is 464 g/mol. The number of hydrogen-bond acceptors (Lipinski definition) is 7. The lowest BCUT2D eigenvalue weighted by Crippen LogP contribution is -2.13. The largest absolute Gasteiger partial charge is 0.435 e. The summed E-state index contributed by atoms with van der Waals surface area (Å²) in [4.78, 5) is 25.2. The van der Waals surface area contributed by atoms with Crippen LogP contribution < -0.4 is 21.1 Å². The number of allylic oxidation sites excluding steroid dienone is 1. The van der Waals surface area contributed by atoms with Gasteiger partial charge in [-0.2, -0.15) is 8.78 Å². The molecule has 0 unspecified atom stereocenters. The van der Waals surface area contributed by atoms with Gasteiger partial charge in [0.15, 0.2) is 0 Å². The molecule has 3 aromatic rings. The van der Waals surface area contributed by atoms with Gasteiger partial charge in [-0.05, 0) is 48.9 Å². The van der Waals surface area contributed by atoms with Crippen LogP contribution in [0.2, 0.25) is 0 Å². The second kappa shape index (κ2) is 11.3. The predicted molar refractivity (Wildman–Crippen MR) is 128 cm³/mol. The van der Waals surface area contributed by atoms with Gasteiger partial charge in [-0.1, -0.05) is 24.8 Å². The van der Waals surface area contributed by atoms with Crippen molar-refractivity contribution in [3.63, 3.8) is 0 Å². The SMILES string of the molecule is C=CC=N/C=C(\N)c1ccnc(Nc2cc(NC(=O)c3cccc(OC(F)F)c3)ccc2C)n1. The number of alkyl halides is 2. The minimum Gasteiger partial charge on any atom is -0.435 e. The summed E-state index contributed by atoms with van der Waals surface area (Å²) < 4.78 is 29.2. The summed E-state index contributed by atoms with van der Waals surface area (Å²) in [5.74, 6) is -0.287. The first kappa shape index (κ1) is 24.1. The van der Waals surface area contributed by atoms with E-state index >= 15 is 0 Å². The van der Waals surface area contributed by atoms with Crippen molar-refractivity contribution in [1.82, 2.24) is 9.97 Å². The lowest BCUT2D eigenvalue weighted by atomic mass is 10.1. The number of rotatable bonds is 9. The minimum atomic E-state index is -2.98. The molecule has 1 aromatic heterocycles. The molecule has 10 heteroatoms. The molecular formula is C24H22F2N6O2. The lowest BCUT2D eigenvalue weighted by molar-refractivity contribution is -0.0498. The van der Waals surface area contributed by atoms with Gasteiger partial charge in [0.1, 0.15) is 5.75 Å². The number of aryl methyl sites for hydroxylation is 1. The maximum Gasteiger partial charge on any atom is 0.387 e. The number of aliphatic imine (C=N–C) groups is 1. The van der Waals surface area contributed by atoms with Crippen molar-refractivity contribution in [2.75, 3.05) is 10.6 Å². The van der Waals surface area contributed by atoms with Crippen molar-refractivity contribution in [2.24, 2.45) is 10.7 Å². The molecule has 0 aliphatic rings. The van der Waals surface area contributed by atoms with Gasteiger partial charge in [-0.15, -0.1) is 0 Å². The maximum absolute atomic E-state index is 12.6. The van der Waals surface area contributed by atoms with Gasteiger partial charge in [0.2, 0.25) is 5.95 Å². The molecule has 34 heavy (non-hydrogen) atoms. The van der Waals surface area contributed by atoms with Crippen LogP contribution in [0, 0.1) is 6.92 Å².